The minimum atomic E-state index is -3.48. The molecule has 1 aromatic rings. The molecule has 0 atom stereocenters. The number of benzene rings is 1. The van der Waals surface area contributed by atoms with Crippen LogP contribution in [0.25, 0.3) is 0 Å². The number of hydrogen-bond donors (Lipinski definition) is 0. The average molecular weight is 308 g/mol. The molecule has 1 aliphatic rings. The zero-order valence-corrected chi connectivity index (χ0v) is 13.2. The van der Waals surface area contributed by atoms with Crippen LogP contribution < -0.4 is 0 Å². The molecule has 0 spiro atoms. The Kier molecular flexibility index (Phi) is 4.99. The summed E-state index contributed by atoms with van der Waals surface area (Å²) in [6, 6.07) is 6.69. The molecule has 1 heterocycles. The van der Waals surface area contributed by atoms with E-state index in [2.05, 4.69) is 0 Å². The molecule has 114 valence electrons. The highest BCUT2D eigenvalue weighted by atomic mass is 32.2. The Labute approximate surface area is 126 Å². The van der Waals surface area contributed by atoms with E-state index >= 15 is 0 Å². The lowest BCUT2D eigenvalue weighted by Gasteiger charge is -2.31. The van der Waals surface area contributed by atoms with Gasteiger partial charge in [0, 0.05) is 19.7 Å². The van der Waals surface area contributed by atoms with Crippen molar-refractivity contribution < 1.29 is 13.2 Å². The van der Waals surface area contributed by atoms with Gasteiger partial charge < -0.3 is 4.74 Å². The van der Waals surface area contributed by atoms with Crippen LogP contribution in [0.2, 0.25) is 0 Å². The van der Waals surface area contributed by atoms with Crippen molar-refractivity contribution in [3.8, 4) is 6.07 Å². The largest absolute Gasteiger partial charge is 0.378 e. The van der Waals surface area contributed by atoms with E-state index in [0.717, 1.165) is 12.8 Å². The number of nitrogens with zero attached hydrogens (tertiary/aromatic N) is 2. The van der Waals surface area contributed by atoms with Crippen LogP contribution in [-0.2, 0) is 14.8 Å². The fraction of sp³-hybridized carbons (Fsp3) is 0.533. The van der Waals surface area contributed by atoms with Gasteiger partial charge in [0.2, 0.25) is 10.0 Å². The lowest BCUT2D eigenvalue weighted by Crippen LogP contribution is -2.40. The molecule has 1 saturated heterocycles. The lowest BCUT2D eigenvalue weighted by atomic mass is 10.1. The normalized spacial score (nSPS) is 17.6. The van der Waals surface area contributed by atoms with Gasteiger partial charge in [0.25, 0.3) is 0 Å². The van der Waals surface area contributed by atoms with E-state index in [1.54, 1.807) is 19.1 Å². The molecular weight excluding hydrogens is 288 g/mol. The third kappa shape index (κ3) is 3.43. The van der Waals surface area contributed by atoms with Gasteiger partial charge in [-0.3, -0.25) is 0 Å². The summed E-state index contributed by atoms with van der Waals surface area (Å²) in [5, 5.41) is 8.92. The molecule has 0 aliphatic carbocycles. The number of ether oxygens (including phenoxy) is 1. The van der Waals surface area contributed by atoms with Crippen LogP contribution in [0.3, 0.4) is 0 Å². The molecule has 0 radical (unpaired) electrons. The number of rotatable bonds is 4. The first-order valence-corrected chi connectivity index (χ1v) is 8.55. The maximum Gasteiger partial charge on any atom is 0.243 e. The van der Waals surface area contributed by atoms with Gasteiger partial charge in [0.05, 0.1) is 22.6 Å². The Bertz CT molecular complexity index is 641. The Hall–Kier alpha value is -1.42. The molecule has 1 fully saturated rings. The second-order valence-corrected chi connectivity index (χ2v) is 7.09. The number of sulfonamides is 1. The van der Waals surface area contributed by atoms with Gasteiger partial charge >= 0.3 is 0 Å². The van der Waals surface area contributed by atoms with Crippen molar-refractivity contribution in [1.82, 2.24) is 4.31 Å². The van der Waals surface area contributed by atoms with Crippen molar-refractivity contribution in [1.29, 1.82) is 5.26 Å². The van der Waals surface area contributed by atoms with Crippen LogP contribution in [0.5, 0.6) is 0 Å². The fourth-order valence-electron chi connectivity index (χ4n) is 2.55. The fourth-order valence-corrected chi connectivity index (χ4v) is 4.10. The van der Waals surface area contributed by atoms with E-state index in [1.807, 2.05) is 13.0 Å². The summed E-state index contributed by atoms with van der Waals surface area (Å²) < 4.78 is 32.3. The average Bonchev–Trinajstić information content (AvgIpc) is 2.48. The van der Waals surface area contributed by atoms with Gasteiger partial charge in [-0.15, -0.1) is 0 Å². The maximum atomic E-state index is 12.6. The highest BCUT2D eigenvalue weighted by molar-refractivity contribution is 7.89. The maximum absolute atomic E-state index is 12.6. The molecule has 21 heavy (non-hydrogen) atoms. The number of aryl methyl sites for hydroxylation is 1. The molecule has 0 unspecified atom stereocenters. The molecule has 6 heteroatoms. The van der Waals surface area contributed by atoms with E-state index in [1.165, 1.54) is 10.4 Å². The minimum Gasteiger partial charge on any atom is -0.378 e. The zero-order chi connectivity index (χ0) is 15.5. The monoisotopic (exact) mass is 308 g/mol. The summed E-state index contributed by atoms with van der Waals surface area (Å²) in [6.07, 6.45) is 1.61. The Balaban J connectivity index is 2.16. The summed E-state index contributed by atoms with van der Waals surface area (Å²) in [5.74, 6) is 0. The molecule has 0 saturated carbocycles. The molecule has 0 amide bonds. The van der Waals surface area contributed by atoms with Crippen molar-refractivity contribution in [2.24, 2.45) is 0 Å². The Morgan fingerprint density at radius 3 is 2.57 bits per heavy atom. The van der Waals surface area contributed by atoms with Crippen molar-refractivity contribution in [3.63, 3.8) is 0 Å². The van der Waals surface area contributed by atoms with Crippen molar-refractivity contribution in [3.05, 3.63) is 29.3 Å². The number of nitriles is 1. The van der Waals surface area contributed by atoms with Gasteiger partial charge in [-0.25, -0.2) is 8.42 Å². The standard InChI is InChI=1S/C15H20N2O3S/c1-3-20-14-6-8-17(9-7-14)21(18,19)15-5-4-13(11-16)12(2)10-15/h4-5,10,14H,3,6-9H2,1-2H3. The van der Waals surface area contributed by atoms with Crippen LogP contribution in [0.1, 0.15) is 30.9 Å². The van der Waals surface area contributed by atoms with Crippen molar-refractivity contribution in [2.45, 2.75) is 37.7 Å². The Morgan fingerprint density at radius 2 is 2.05 bits per heavy atom. The highest BCUT2D eigenvalue weighted by Crippen LogP contribution is 2.23. The molecule has 2 rings (SSSR count). The second-order valence-electron chi connectivity index (χ2n) is 5.15. The van der Waals surface area contributed by atoms with Gasteiger partial charge in [-0.2, -0.15) is 9.57 Å². The van der Waals surface area contributed by atoms with Gasteiger partial charge in [-0.1, -0.05) is 0 Å². The quantitative estimate of drug-likeness (QED) is 0.853. The molecule has 1 aliphatic heterocycles. The van der Waals surface area contributed by atoms with E-state index in [9.17, 15) is 8.42 Å². The lowest BCUT2D eigenvalue weighted by molar-refractivity contribution is 0.0290. The first-order valence-electron chi connectivity index (χ1n) is 7.11. The van der Waals surface area contributed by atoms with Crippen LogP contribution in [0, 0.1) is 18.3 Å². The van der Waals surface area contributed by atoms with Crippen LogP contribution in [0.15, 0.2) is 23.1 Å². The second kappa shape index (κ2) is 6.56. The minimum absolute atomic E-state index is 0.157. The van der Waals surface area contributed by atoms with Crippen LogP contribution in [0.4, 0.5) is 0 Å². The SMILES string of the molecule is CCOC1CCN(S(=O)(=O)c2ccc(C#N)c(C)c2)CC1. The van der Waals surface area contributed by atoms with Crippen LogP contribution in [-0.4, -0.2) is 38.5 Å². The smallest absolute Gasteiger partial charge is 0.243 e. The molecule has 5 nitrogen and oxygen atoms in total. The summed E-state index contributed by atoms with van der Waals surface area (Å²) in [4.78, 5) is 0.258. The van der Waals surface area contributed by atoms with E-state index in [-0.39, 0.29) is 11.0 Å². The topological polar surface area (TPSA) is 70.4 Å². The van der Waals surface area contributed by atoms with E-state index in [4.69, 9.17) is 10.00 Å². The van der Waals surface area contributed by atoms with Crippen molar-refractivity contribution in [2.75, 3.05) is 19.7 Å². The van der Waals surface area contributed by atoms with E-state index < -0.39 is 10.0 Å². The highest BCUT2D eigenvalue weighted by Gasteiger charge is 2.29. The number of piperidine rings is 1. The zero-order valence-electron chi connectivity index (χ0n) is 12.4. The first kappa shape index (κ1) is 16.0. The molecule has 0 bridgehead atoms. The third-order valence-corrected chi connectivity index (χ3v) is 5.65. The number of hydrogen-bond acceptors (Lipinski definition) is 4. The summed E-state index contributed by atoms with van der Waals surface area (Å²) >= 11 is 0. The summed E-state index contributed by atoms with van der Waals surface area (Å²) in [6.45, 7) is 5.31. The summed E-state index contributed by atoms with van der Waals surface area (Å²) in [5.41, 5.74) is 1.19. The molecular formula is C15H20N2O3S. The van der Waals surface area contributed by atoms with Gasteiger partial charge in [0.15, 0.2) is 0 Å². The molecule has 1 aromatic carbocycles. The summed E-state index contributed by atoms with van der Waals surface area (Å²) in [7, 11) is -3.48. The Morgan fingerprint density at radius 1 is 1.38 bits per heavy atom. The predicted molar refractivity (Wildman–Crippen MR) is 79.3 cm³/mol. The molecule has 0 N–H and O–H groups in total. The van der Waals surface area contributed by atoms with Gasteiger partial charge in [0.1, 0.15) is 0 Å². The third-order valence-electron chi connectivity index (χ3n) is 3.76. The predicted octanol–water partition coefficient (Wildman–Crippen LogP) is 2.06. The van der Waals surface area contributed by atoms with Crippen LogP contribution >= 0.6 is 0 Å². The molecule has 0 aromatic heterocycles. The van der Waals surface area contributed by atoms with E-state index in [0.29, 0.717) is 30.8 Å². The van der Waals surface area contributed by atoms with Crippen molar-refractivity contribution >= 4 is 10.0 Å². The first-order chi connectivity index (χ1) is 9.98. The van der Waals surface area contributed by atoms with Gasteiger partial charge in [-0.05, 0) is 50.5 Å².